The number of hydrogen-bond donors (Lipinski definition) is 0. The number of likely N-dealkylation sites (tertiary alicyclic amines) is 1. The number of pyridine rings is 1. The number of rotatable bonds is 1. The van der Waals surface area contributed by atoms with Crippen molar-refractivity contribution in [2.45, 2.75) is 18.8 Å². The largest absolute Gasteiger partial charge is 0.306 e. The molecule has 0 aliphatic carbocycles. The molecule has 1 fully saturated rings. The molecular weight excluding hydrogens is 275 g/mol. The van der Waals surface area contributed by atoms with Crippen molar-refractivity contribution in [1.82, 2.24) is 9.88 Å². The Hall–Kier alpha value is -0.120. The second-order valence-corrected chi connectivity index (χ2v) is 4.92. The molecule has 1 saturated heterocycles. The molecule has 0 amide bonds. The third-order valence-electron chi connectivity index (χ3n) is 2.79. The van der Waals surface area contributed by atoms with Gasteiger partial charge in [0.25, 0.3) is 0 Å². The van der Waals surface area contributed by atoms with Crippen molar-refractivity contribution >= 4 is 28.3 Å². The molecule has 2 rings (SSSR count). The minimum Gasteiger partial charge on any atom is -0.306 e. The van der Waals surface area contributed by atoms with Crippen molar-refractivity contribution in [1.29, 1.82) is 0 Å². The molecule has 2 nitrogen and oxygen atoms in total. The van der Waals surface area contributed by atoms with Gasteiger partial charge in [0.1, 0.15) is 0 Å². The molecule has 1 aliphatic heterocycles. The van der Waals surface area contributed by atoms with E-state index in [-0.39, 0.29) is 12.4 Å². The second kappa shape index (κ2) is 5.83. The van der Waals surface area contributed by atoms with Crippen molar-refractivity contribution in [3.8, 4) is 0 Å². The van der Waals surface area contributed by atoms with Gasteiger partial charge in [0.15, 0.2) is 0 Å². The summed E-state index contributed by atoms with van der Waals surface area (Å²) in [5.41, 5.74) is 1.24. The molecule has 0 spiro atoms. The third kappa shape index (κ3) is 3.44. The molecule has 1 aromatic rings. The van der Waals surface area contributed by atoms with Crippen LogP contribution in [0.2, 0.25) is 0 Å². The summed E-state index contributed by atoms with van der Waals surface area (Å²) in [7, 11) is 2.19. The van der Waals surface area contributed by atoms with Gasteiger partial charge in [-0.3, -0.25) is 4.98 Å². The smallest absolute Gasteiger partial charge is 0.0448 e. The van der Waals surface area contributed by atoms with Crippen LogP contribution in [0.5, 0.6) is 0 Å². The van der Waals surface area contributed by atoms with E-state index in [0.29, 0.717) is 5.92 Å². The quantitative estimate of drug-likeness (QED) is 0.790. The van der Waals surface area contributed by atoms with Gasteiger partial charge in [-0.2, -0.15) is 0 Å². The van der Waals surface area contributed by atoms with E-state index >= 15 is 0 Å². The van der Waals surface area contributed by atoms with Gasteiger partial charge in [-0.25, -0.2) is 0 Å². The predicted octanol–water partition coefficient (Wildman–Crippen LogP) is 3.08. The summed E-state index contributed by atoms with van der Waals surface area (Å²) >= 11 is 3.41. The van der Waals surface area contributed by atoms with E-state index in [9.17, 15) is 0 Å². The molecule has 1 aromatic heterocycles. The molecule has 15 heavy (non-hydrogen) atoms. The summed E-state index contributed by atoms with van der Waals surface area (Å²) in [4.78, 5) is 6.85. The first kappa shape index (κ1) is 12.9. The topological polar surface area (TPSA) is 16.1 Å². The summed E-state index contributed by atoms with van der Waals surface area (Å²) in [6.45, 7) is 2.38. The molecule has 1 unspecified atom stereocenters. The maximum Gasteiger partial charge on any atom is 0.0448 e. The zero-order valence-corrected chi connectivity index (χ0v) is 11.2. The Morgan fingerprint density at radius 1 is 1.47 bits per heavy atom. The summed E-state index contributed by atoms with van der Waals surface area (Å²) in [5, 5.41) is 0. The fraction of sp³-hybridized carbons (Fsp3) is 0.545. The highest BCUT2D eigenvalue weighted by Crippen LogP contribution is 2.25. The van der Waals surface area contributed by atoms with Gasteiger partial charge in [0, 0.05) is 28.8 Å². The Bertz CT molecular complexity index is 302. The van der Waals surface area contributed by atoms with Gasteiger partial charge in [-0.15, -0.1) is 12.4 Å². The number of nitrogens with zero attached hydrogens (tertiary/aromatic N) is 2. The summed E-state index contributed by atoms with van der Waals surface area (Å²) in [6, 6.07) is 4.21. The zero-order valence-electron chi connectivity index (χ0n) is 8.82. The SMILES string of the molecule is CN1CCCC(c2ccc(Br)cn2)C1.Cl. The fourth-order valence-corrected chi connectivity index (χ4v) is 2.27. The van der Waals surface area contributed by atoms with Crippen LogP contribution in [0.25, 0.3) is 0 Å². The highest BCUT2D eigenvalue weighted by Gasteiger charge is 2.19. The maximum absolute atomic E-state index is 4.46. The highest BCUT2D eigenvalue weighted by atomic mass is 79.9. The highest BCUT2D eigenvalue weighted by molar-refractivity contribution is 9.10. The Morgan fingerprint density at radius 3 is 2.87 bits per heavy atom. The Balaban J connectivity index is 0.00000112. The van der Waals surface area contributed by atoms with E-state index in [1.54, 1.807) is 0 Å². The van der Waals surface area contributed by atoms with Crippen LogP contribution in [0, 0.1) is 0 Å². The van der Waals surface area contributed by atoms with Crippen molar-refractivity contribution in [3.05, 3.63) is 28.5 Å². The van der Waals surface area contributed by atoms with Crippen molar-refractivity contribution < 1.29 is 0 Å². The Morgan fingerprint density at radius 2 is 2.27 bits per heavy atom. The van der Waals surface area contributed by atoms with Crippen LogP contribution in [0.4, 0.5) is 0 Å². The van der Waals surface area contributed by atoms with Crippen molar-refractivity contribution in [2.75, 3.05) is 20.1 Å². The van der Waals surface area contributed by atoms with E-state index in [4.69, 9.17) is 0 Å². The van der Waals surface area contributed by atoms with Crippen LogP contribution >= 0.6 is 28.3 Å². The lowest BCUT2D eigenvalue weighted by molar-refractivity contribution is 0.248. The van der Waals surface area contributed by atoms with Crippen LogP contribution in [0.15, 0.2) is 22.8 Å². The van der Waals surface area contributed by atoms with Gasteiger partial charge in [0.05, 0.1) is 0 Å². The lowest BCUT2D eigenvalue weighted by Crippen LogP contribution is -2.31. The summed E-state index contributed by atoms with van der Waals surface area (Å²) in [6.07, 6.45) is 4.46. The molecule has 0 saturated carbocycles. The average Bonchev–Trinajstić information content (AvgIpc) is 2.19. The molecule has 84 valence electrons. The number of halogens is 2. The molecule has 1 aliphatic rings. The fourth-order valence-electron chi connectivity index (χ4n) is 2.04. The molecule has 2 heterocycles. The molecule has 1 atom stereocenters. The minimum atomic E-state index is 0. The number of likely N-dealkylation sites (N-methyl/N-ethyl adjacent to an activating group) is 1. The normalized spacial score (nSPS) is 22.1. The minimum absolute atomic E-state index is 0. The lowest BCUT2D eigenvalue weighted by Gasteiger charge is -2.29. The van der Waals surface area contributed by atoms with Crippen LogP contribution in [-0.4, -0.2) is 30.0 Å². The predicted molar refractivity (Wildman–Crippen MR) is 68.7 cm³/mol. The summed E-state index contributed by atoms with van der Waals surface area (Å²) in [5.74, 6) is 0.627. The van der Waals surface area contributed by atoms with Crippen molar-refractivity contribution in [3.63, 3.8) is 0 Å². The third-order valence-corrected chi connectivity index (χ3v) is 3.26. The van der Waals surface area contributed by atoms with Gasteiger partial charge in [0.2, 0.25) is 0 Å². The van der Waals surface area contributed by atoms with Crippen molar-refractivity contribution in [2.24, 2.45) is 0 Å². The van der Waals surface area contributed by atoms with E-state index in [0.717, 1.165) is 11.0 Å². The number of piperidine rings is 1. The van der Waals surface area contributed by atoms with Gasteiger partial charge in [-0.05, 0) is 54.5 Å². The van der Waals surface area contributed by atoms with Crippen LogP contribution in [0.1, 0.15) is 24.5 Å². The van der Waals surface area contributed by atoms with E-state index in [1.807, 2.05) is 6.20 Å². The Kier molecular flexibility index (Phi) is 5.03. The first-order valence-electron chi connectivity index (χ1n) is 5.05. The monoisotopic (exact) mass is 290 g/mol. The molecular formula is C11H16BrClN2. The maximum atomic E-state index is 4.46. The molecule has 0 aromatic carbocycles. The van der Waals surface area contributed by atoms with E-state index in [2.05, 4.69) is 45.0 Å². The van der Waals surface area contributed by atoms with Crippen LogP contribution in [0.3, 0.4) is 0 Å². The average molecular weight is 292 g/mol. The molecule has 0 bridgehead atoms. The zero-order chi connectivity index (χ0) is 9.97. The van der Waals surface area contributed by atoms with E-state index in [1.165, 1.54) is 25.1 Å². The lowest BCUT2D eigenvalue weighted by atomic mass is 9.95. The Labute approximate surface area is 106 Å². The molecule has 0 radical (unpaired) electrons. The van der Waals surface area contributed by atoms with Crippen LogP contribution < -0.4 is 0 Å². The van der Waals surface area contributed by atoms with Gasteiger partial charge >= 0.3 is 0 Å². The number of hydrogen-bond acceptors (Lipinski definition) is 2. The summed E-state index contributed by atoms with van der Waals surface area (Å²) < 4.78 is 1.06. The van der Waals surface area contributed by atoms with Gasteiger partial charge < -0.3 is 4.90 Å². The molecule has 4 heteroatoms. The number of aromatic nitrogens is 1. The first-order valence-corrected chi connectivity index (χ1v) is 5.85. The molecule has 0 N–H and O–H groups in total. The first-order chi connectivity index (χ1) is 6.75. The second-order valence-electron chi connectivity index (χ2n) is 4.00. The van der Waals surface area contributed by atoms with Crippen LogP contribution in [-0.2, 0) is 0 Å². The van der Waals surface area contributed by atoms with E-state index < -0.39 is 0 Å². The van der Waals surface area contributed by atoms with Gasteiger partial charge in [-0.1, -0.05) is 0 Å². The standard InChI is InChI=1S/C11H15BrN2.ClH/c1-14-6-2-3-9(8-14)11-5-4-10(12)7-13-11;/h4-5,7,9H,2-3,6,8H2,1H3;1H.